The van der Waals surface area contributed by atoms with Gasteiger partial charge in [-0.3, -0.25) is 4.79 Å². The lowest BCUT2D eigenvalue weighted by molar-refractivity contribution is 0.0619. The van der Waals surface area contributed by atoms with E-state index in [0.29, 0.717) is 24.6 Å². The molecule has 0 spiro atoms. The lowest BCUT2D eigenvalue weighted by atomic mass is 10.1. The molecule has 1 saturated heterocycles. The predicted molar refractivity (Wildman–Crippen MR) is 60.6 cm³/mol. The molecule has 1 aromatic heterocycles. The second kappa shape index (κ2) is 5.29. The average Bonchev–Trinajstić information content (AvgIpc) is 2.71. The summed E-state index contributed by atoms with van der Waals surface area (Å²) in [7, 11) is 1.57. The molecule has 1 aliphatic heterocycles. The summed E-state index contributed by atoms with van der Waals surface area (Å²) in [6.07, 6.45) is 0. The van der Waals surface area contributed by atoms with Crippen LogP contribution in [0.15, 0.2) is 10.6 Å². The van der Waals surface area contributed by atoms with E-state index in [4.69, 9.17) is 9.26 Å². The molecular formula is C11H17N3O3. The monoisotopic (exact) mass is 239 g/mol. The first-order chi connectivity index (χ1) is 8.26. The largest absolute Gasteiger partial charge is 0.377 e. The summed E-state index contributed by atoms with van der Waals surface area (Å²) < 4.78 is 9.93. The van der Waals surface area contributed by atoms with Gasteiger partial charge in [0.1, 0.15) is 6.61 Å². The smallest absolute Gasteiger partial charge is 0.276 e. The second-order valence-electron chi connectivity index (χ2n) is 4.01. The van der Waals surface area contributed by atoms with Gasteiger partial charge in [-0.1, -0.05) is 5.16 Å². The number of aromatic nitrogens is 1. The average molecular weight is 239 g/mol. The van der Waals surface area contributed by atoms with Gasteiger partial charge in [0.2, 0.25) is 0 Å². The number of hydrogen-bond donors (Lipinski definition) is 1. The number of likely N-dealkylation sites (N-methyl/N-ethyl adjacent to an activating group) is 1. The fourth-order valence-corrected chi connectivity index (χ4v) is 1.83. The van der Waals surface area contributed by atoms with Crippen molar-refractivity contribution in [1.29, 1.82) is 0 Å². The van der Waals surface area contributed by atoms with Gasteiger partial charge in [0, 0.05) is 32.8 Å². The summed E-state index contributed by atoms with van der Waals surface area (Å²) >= 11 is 0. The Hall–Kier alpha value is -1.40. The SMILES string of the molecule is CCN(C(=O)c1cc(COC)on1)C1CNC1. The number of carbonyl (C=O) groups excluding carboxylic acids is 1. The Morgan fingerprint density at radius 3 is 3.00 bits per heavy atom. The van der Waals surface area contributed by atoms with Crippen LogP contribution in [0.25, 0.3) is 0 Å². The molecule has 2 heterocycles. The highest BCUT2D eigenvalue weighted by molar-refractivity contribution is 5.92. The molecule has 0 radical (unpaired) electrons. The number of amides is 1. The highest BCUT2D eigenvalue weighted by Crippen LogP contribution is 2.12. The van der Waals surface area contributed by atoms with E-state index in [-0.39, 0.29) is 11.9 Å². The summed E-state index contributed by atoms with van der Waals surface area (Å²) in [6.45, 7) is 4.67. The number of nitrogens with zero attached hydrogens (tertiary/aromatic N) is 2. The second-order valence-corrected chi connectivity index (χ2v) is 4.01. The third-order valence-corrected chi connectivity index (χ3v) is 2.87. The molecule has 0 aliphatic carbocycles. The molecule has 0 saturated carbocycles. The number of ether oxygens (including phenoxy) is 1. The fourth-order valence-electron chi connectivity index (χ4n) is 1.83. The molecule has 0 bridgehead atoms. The third-order valence-electron chi connectivity index (χ3n) is 2.87. The number of hydrogen-bond acceptors (Lipinski definition) is 5. The zero-order chi connectivity index (χ0) is 12.3. The van der Waals surface area contributed by atoms with Gasteiger partial charge < -0.3 is 19.5 Å². The molecule has 0 aromatic carbocycles. The van der Waals surface area contributed by atoms with Crippen LogP contribution in [0.4, 0.5) is 0 Å². The summed E-state index contributed by atoms with van der Waals surface area (Å²) in [6, 6.07) is 1.91. The van der Waals surface area contributed by atoms with E-state index >= 15 is 0 Å². The van der Waals surface area contributed by atoms with Crippen molar-refractivity contribution in [3.63, 3.8) is 0 Å². The predicted octanol–water partition coefficient (Wildman–Crippen LogP) is 0.255. The zero-order valence-electron chi connectivity index (χ0n) is 10.1. The van der Waals surface area contributed by atoms with Gasteiger partial charge in [0.25, 0.3) is 5.91 Å². The molecule has 1 aromatic rings. The number of carbonyl (C=O) groups is 1. The molecule has 94 valence electrons. The molecule has 0 unspecified atom stereocenters. The minimum absolute atomic E-state index is 0.0786. The minimum atomic E-state index is -0.0786. The Labute approximate surface area is 99.9 Å². The van der Waals surface area contributed by atoms with Crippen LogP contribution in [0.3, 0.4) is 0 Å². The van der Waals surface area contributed by atoms with Gasteiger partial charge in [-0.15, -0.1) is 0 Å². The summed E-state index contributed by atoms with van der Waals surface area (Å²) in [5, 5.41) is 6.93. The molecule has 0 atom stereocenters. The Morgan fingerprint density at radius 2 is 2.47 bits per heavy atom. The van der Waals surface area contributed by atoms with Gasteiger partial charge >= 0.3 is 0 Å². The van der Waals surface area contributed by atoms with Crippen molar-refractivity contribution in [3.05, 3.63) is 17.5 Å². The van der Waals surface area contributed by atoms with Crippen molar-refractivity contribution in [2.75, 3.05) is 26.7 Å². The molecule has 2 rings (SSSR count). The normalized spacial score (nSPS) is 15.6. The van der Waals surface area contributed by atoms with E-state index in [1.54, 1.807) is 13.2 Å². The lowest BCUT2D eigenvalue weighted by Gasteiger charge is -2.37. The Balaban J connectivity index is 2.05. The van der Waals surface area contributed by atoms with Crippen molar-refractivity contribution in [1.82, 2.24) is 15.4 Å². The topological polar surface area (TPSA) is 67.6 Å². The van der Waals surface area contributed by atoms with Crippen LogP contribution < -0.4 is 5.32 Å². The van der Waals surface area contributed by atoms with Gasteiger partial charge in [-0.25, -0.2) is 0 Å². The van der Waals surface area contributed by atoms with Crippen molar-refractivity contribution in [2.24, 2.45) is 0 Å². The molecule has 6 nitrogen and oxygen atoms in total. The van der Waals surface area contributed by atoms with Crippen LogP contribution in [-0.4, -0.2) is 48.7 Å². The lowest BCUT2D eigenvalue weighted by Crippen LogP contribution is -2.58. The Kier molecular flexibility index (Phi) is 3.75. The third kappa shape index (κ3) is 2.48. The van der Waals surface area contributed by atoms with E-state index in [2.05, 4.69) is 10.5 Å². The quantitative estimate of drug-likeness (QED) is 0.798. The molecular weight excluding hydrogens is 222 g/mol. The number of rotatable bonds is 5. The molecule has 1 amide bonds. The van der Waals surface area contributed by atoms with Crippen LogP contribution in [0.1, 0.15) is 23.2 Å². The summed E-state index contributed by atoms with van der Waals surface area (Å²) in [5.74, 6) is 0.490. The van der Waals surface area contributed by atoms with Crippen molar-refractivity contribution in [3.8, 4) is 0 Å². The van der Waals surface area contributed by atoms with Gasteiger partial charge in [0.15, 0.2) is 11.5 Å². The van der Waals surface area contributed by atoms with E-state index < -0.39 is 0 Å². The Bertz CT molecular complexity index is 387. The zero-order valence-corrected chi connectivity index (χ0v) is 10.1. The standard InChI is InChI=1S/C11H17N3O3/c1-3-14(8-5-12-6-8)11(15)10-4-9(7-16-2)17-13-10/h4,8,12H,3,5-7H2,1-2H3. The maximum atomic E-state index is 12.2. The highest BCUT2D eigenvalue weighted by Gasteiger charge is 2.29. The molecule has 1 fully saturated rings. The highest BCUT2D eigenvalue weighted by atomic mass is 16.5. The van der Waals surface area contributed by atoms with Crippen LogP contribution in [0, 0.1) is 0 Å². The van der Waals surface area contributed by atoms with Gasteiger partial charge in [0.05, 0.1) is 6.04 Å². The van der Waals surface area contributed by atoms with E-state index in [9.17, 15) is 4.79 Å². The molecule has 1 N–H and O–H groups in total. The van der Waals surface area contributed by atoms with Gasteiger partial charge in [-0.2, -0.15) is 0 Å². The van der Waals surface area contributed by atoms with Crippen LogP contribution >= 0.6 is 0 Å². The van der Waals surface area contributed by atoms with E-state index in [0.717, 1.165) is 13.1 Å². The fraction of sp³-hybridized carbons (Fsp3) is 0.636. The van der Waals surface area contributed by atoms with Crippen LogP contribution in [0.2, 0.25) is 0 Å². The first-order valence-corrected chi connectivity index (χ1v) is 5.72. The minimum Gasteiger partial charge on any atom is -0.377 e. The van der Waals surface area contributed by atoms with Crippen molar-refractivity contribution >= 4 is 5.91 Å². The molecule has 1 aliphatic rings. The van der Waals surface area contributed by atoms with Crippen LogP contribution in [0.5, 0.6) is 0 Å². The van der Waals surface area contributed by atoms with Crippen molar-refractivity contribution < 1.29 is 14.1 Å². The van der Waals surface area contributed by atoms with Crippen LogP contribution in [-0.2, 0) is 11.3 Å². The number of nitrogens with one attached hydrogen (secondary N) is 1. The van der Waals surface area contributed by atoms with E-state index in [1.807, 2.05) is 11.8 Å². The first kappa shape index (κ1) is 12.1. The maximum Gasteiger partial charge on any atom is 0.276 e. The van der Waals surface area contributed by atoms with E-state index in [1.165, 1.54) is 0 Å². The maximum absolute atomic E-state index is 12.2. The molecule has 17 heavy (non-hydrogen) atoms. The summed E-state index contributed by atoms with van der Waals surface area (Å²) in [5.41, 5.74) is 0.353. The van der Waals surface area contributed by atoms with Crippen molar-refractivity contribution in [2.45, 2.75) is 19.6 Å². The first-order valence-electron chi connectivity index (χ1n) is 5.72. The summed E-state index contributed by atoms with van der Waals surface area (Å²) in [4.78, 5) is 14.0. The Morgan fingerprint density at radius 1 is 1.71 bits per heavy atom. The van der Waals surface area contributed by atoms with Gasteiger partial charge in [-0.05, 0) is 6.92 Å². The number of methoxy groups -OCH3 is 1. The molecule has 6 heteroatoms.